The second-order valence-corrected chi connectivity index (χ2v) is 16.2. The standard InChI is InChI=1S/C23H44O5Si/c1-22(2,3)29(12-10-16-6-8-18(24)20(26)14-16)13-11-17-7-9-19(25)21(15-17)27-23(4,5)28-29/h16-21,24-26H,6-15H2,1-5H3. The van der Waals surface area contributed by atoms with Gasteiger partial charge in [0.05, 0.1) is 24.4 Å². The predicted octanol–water partition coefficient (Wildman–Crippen LogP) is 4.35. The van der Waals surface area contributed by atoms with Crippen molar-refractivity contribution in [2.45, 2.75) is 133 Å². The second kappa shape index (κ2) is 8.87. The molecule has 0 amide bonds. The van der Waals surface area contributed by atoms with Crippen LogP contribution in [0.25, 0.3) is 0 Å². The lowest BCUT2D eigenvalue weighted by Crippen LogP contribution is -2.54. The minimum Gasteiger partial charge on any atom is -0.390 e. The van der Waals surface area contributed by atoms with Gasteiger partial charge in [0.1, 0.15) is 0 Å². The van der Waals surface area contributed by atoms with Gasteiger partial charge in [0.15, 0.2) is 5.79 Å². The average molecular weight is 429 g/mol. The highest BCUT2D eigenvalue weighted by molar-refractivity contribution is 6.76. The smallest absolute Gasteiger partial charge is 0.201 e. The van der Waals surface area contributed by atoms with E-state index >= 15 is 0 Å². The van der Waals surface area contributed by atoms with E-state index in [2.05, 4.69) is 20.8 Å². The van der Waals surface area contributed by atoms with Crippen LogP contribution in [0.4, 0.5) is 0 Å². The SMILES string of the molecule is CC1(C)OC2CC(CCC2O)CC[Si](CCC2CCC(O)C(O)C2)(C(C)(C)C)O1. The van der Waals surface area contributed by atoms with Crippen molar-refractivity contribution in [1.29, 1.82) is 0 Å². The Hall–Kier alpha value is 0.0169. The summed E-state index contributed by atoms with van der Waals surface area (Å²) in [5.74, 6) is 0.378. The molecular weight excluding hydrogens is 384 g/mol. The topological polar surface area (TPSA) is 79.2 Å². The maximum absolute atomic E-state index is 10.5. The van der Waals surface area contributed by atoms with Crippen LogP contribution >= 0.6 is 0 Å². The van der Waals surface area contributed by atoms with E-state index in [-0.39, 0.29) is 17.2 Å². The Morgan fingerprint density at radius 1 is 0.897 bits per heavy atom. The zero-order valence-electron chi connectivity index (χ0n) is 19.2. The molecule has 3 aliphatic rings. The Kier molecular flexibility index (Phi) is 7.24. The van der Waals surface area contributed by atoms with Crippen molar-refractivity contribution >= 4 is 8.32 Å². The molecule has 170 valence electrons. The number of aliphatic hydroxyl groups excluding tert-OH is 3. The predicted molar refractivity (Wildman–Crippen MR) is 117 cm³/mol. The average Bonchev–Trinajstić information content (AvgIpc) is 2.65. The number of hydrogen-bond donors (Lipinski definition) is 3. The van der Waals surface area contributed by atoms with Gasteiger partial charge in [-0.05, 0) is 81.3 Å². The molecule has 0 radical (unpaired) electrons. The van der Waals surface area contributed by atoms with Crippen LogP contribution < -0.4 is 0 Å². The van der Waals surface area contributed by atoms with E-state index in [9.17, 15) is 15.3 Å². The summed E-state index contributed by atoms with van der Waals surface area (Å²) in [4.78, 5) is 0. The molecule has 0 aromatic rings. The lowest BCUT2D eigenvalue weighted by molar-refractivity contribution is -0.224. The fourth-order valence-corrected chi connectivity index (χ4v) is 10.9. The van der Waals surface area contributed by atoms with Gasteiger partial charge in [-0.2, -0.15) is 0 Å². The molecule has 0 aromatic heterocycles. The first-order chi connectivity index (χ1) is 13.4. The van der Waals surface area contributed by atoms with Crippen LogP contribution in [0.15, 0.2) is 0 Å². The van der Waals surface area contributed by atoms with Crippen molar-refractivity contribution in [3.63, 3.8) is 0 Å². The molecule has 1 aliphatic heterocycles. The summed E-state index contributed by atoms with van der Waals surface area (Å²) in [6.07, 6.45) is 5.83. The summed E-state index contributed by atoms with van der Waals surface area (Å²) in [7, 11) is -2.19. The lowest BCUT2D eigenvalue weighted by Gasteiger charge is -2.48. The van der Waals surface area contributed by atoms with Gasteiger partial charge in [-0.3, -0.25) is 0 Å². The largest absolute Gasteiger partial charge is 0.390 e. The van der Waals surface area contributed by atoms with Crippen molar-refractivity contribution in [3.05, 3.63) is 0 Å². The molecule has 3 N–H and O–H groups in total. The maximum Gasteiger partial charge on any atom is 0.201 e. The molecule has 1 saturated heterocycles. The Morgan fingerprint density at radius 3 is 2.24 bits per heavy atom. The Labute approximate surface area is 178 Å². The van der Waals surface area contributed by atoms with Crippen LogP contribution in [0, 0.1) is 11.8 Å². The third kappa shape index (κ3) is 5.63. The van der Waals surface area contributed by atoms with Gasteiger partial charge >= 0.3 is 0 Å². The van der Waals surface area contributed by atoms with Gasteiger partial charge in [0, 0.05) is 0 Å². The van der Waals surface area contributed by atoms with Gasteiger partial charge in [-0.1, -0.05) is 33.6 Å². The molecule has 7 atom stereocenters. The van der Waals surface area contributed by atoms with Crippen LogP contribution in [-0.4, -0.2) is 53.8 Å². The van der Waals surface area contributed by atoms with Crippen LogP contribution in [0.3, 0.4) is 0 Å². The van der Waals surface area contributed by atoms with E-state index in [0.717, 1.165) is 50.6 Å². The molecule has 0 spiro atoms. The normalized spacial score (nSPS) is 43.9. The van der Waals surface area contributed by atoms with Gasteiger partial charge in [-0.25, -0.2) is 0 Å². The zero-order chi connectivity index (χ0) is 21.4. The lowest BCUT2D eigenvalue weighted by atomic mass is 9.83. The molecule has 2 aliphatic carbocycles. The summed E-state index contributed by atoms with van der Waals surface area (Å²) >= 11 is 0. The highest BCUT2D eigenvalue weighted by atomic mass is 28.4. The van der Waals surface area contributed by atoms with E-state index in [1.54, 1.807) is 0 Å². The number of hydrogen-bond acceptors (Lipinski definition) is 5. The molecule has 2 bridgehead atoms. The second-order valence-electron chi connectivity index (χ2n) is 11.5. The molecule has 5 nitrogen and oxygen atoms in total. The minimum atomic E-state index is -2.19. The molecule has 0 aromatic carbocycles. The molecule has 2 saturated carbocycles. The van der Waals surface area contributed by atoms with Crippen molar-refractivity contribution in [3.8, 4) is 0 Å². The fourth-order valence-electron chi connectivity index (χ4n) is 5.93. The molecule has 3 fully saturated rings. The fraction of sp³-hybridized carbons (Fsp3) is 1.00. The third-order valence-electron chi connectivity index (χ3n) is 7.91. The third-order valence-corrected chi connectivity index (χ3v) is 13.7. The van der Waals surface area contributed by atoms with Crippen molar-refractivity contribution in [1.82, 2.24) is 0 Å². The minimum absolute atomic E-state index is 0.0808. The van der Waals surface area contributed by atoms with Gasteiger partial charge in [-0.15, -0.1) is 0 Å². The monoisotopic (exact) mass is 428 g/mol. The Bertz CT molecular complexity index is 548. The van der Waals surface area contributed by atoms with E-state index in [0.29, 0.717) is 24.7 Å². The first-order valence-electron chi connectivity index (χ1n) is 11.8. The van der Waals surface area contributed by atoms with E-state index in [1.165, 1.54) is 0 Å². The molecule has 3 rings (SSSR count). The summed E-state index contributed by atoms with van der Waals surface area (Å²) in [5.41, 5.74) is 0. The van der Waals surface area contributed by atoms with Crippen LogP contribution in [0.1, 0.15) is 86.0 Å². The Balaban J connectivity index is 1.79. The van der Waals surface area contributed by atoms with Crippen LogP contribution in [-0.2, 0) is 9.16 Å². The summed E-state index contributed by atoms with van der Waals surface area (Å²) < 4.78 is 13.4. The van der Waals surface area contributed by atoms with Crippen LogP contribution in [0.5, 0.6) is 0 Å². The maximum atomic E-state index is 10.5. The van der Waals surface area contributed by atoms with Crippen molar-refractivity contribution in [2.24, 2.45) is 11.8 Å². The Morgan fingerprint density at radius 2 is 1.59 bits per heavy atom. The number of ether oxygens (including phenoxy) is 1. The summed E-state index contributed by atoms with van der Waals surface area (Å²) in [6, 6.07) is 2.20. The summed E-state index contributed by atoms with van der Waals surface area (Å²) in [5, 5.41) is 30.5. The van der Waals surface area contributed by atoms with Crippen molar-refractivity contribution < 1.29 is 24.5 Å². The molecule has 1 heterocycles. The van der Waals surface area contributed by atoms with E-state index < -0.39 is 26.3 Å². The van der Waals surface area contributed by atoms with Crippen LogP contribution in [0.2, 0.25) is 17.1 Å². The highest BCUT2D eigenvalue weighted by Gasteiger charge is 2.52. The first-order valence-corrected chi connectivity index (χ1v) is 14.2. The first kappa shape index (κ1) is 23.7. The van der Waals surface area contributed by atoms with E-state index in [4.69, 9.17) is 9.16 Å². The zero-order valence-corrected chi connectivity index (χ0v) is 20.2. The van der Waals surface area contributed by atoms with E-state index in [1.807, 2.05) is 13.8 Å². The number of aliphatic hydroxyl groups is 3. The number of rotatable bonds is 3. The summed E-state index contributed by atoms with van der Waals surface area (Å²) in [6.45, 7) is 11.0. The molecular formula is C23H44O5Si. The quantitative estimate of drug-likeness (QED) is 0.583. The molecule has 7 unspecified atom stereocenters. The molecule has 29 heavy (non-hydrogen) atoms. The van der Waals surface area contributed by atoms with Gasteiger partial charge < -0.3 is 24.5 Å². The highest BCUT2D eigenvalue weighted by Crippen LogP contribution is 2.50. The van der Waals surface area contributed by atoms with Gasteiger partial charge in [0.2, 0.25) is 8.32 Å². The van der Waals surface area contributed by atoms with Gasteiger partial charge in [0.25, 0.3) is 0 Å². The molecule has 6 heteroatoms. The van der Waals surface area contributed by atoms with Crippen molar-refractivity contribution in [2.75, 3.05) is 0 Å². The number of fused-ring (bicyclic) bond motifs is 2.